The first-order valence-electron chi connectivity index (χ1n) is 10.4. The predicted molar refractivity (Wildman–Crippen MR) is 120 cm³/mol. The van der Waals surface area contributed by atoms with Crippen LogP contribution in [0.3, 0.4) is 0 Å². The van der Waals surface area contributed by atoms with Crippen LogP contribution >= 0.6 is 0 Å². The minimum atomic E-state index is -0.965. The predicted octanol–water partition coefficient (Wildman–Crippen LogP) is 3.14. The zero-order valence-corrected chi connectivity index (χ0v) is 17.8. The van der Waals surface area contributed by atoms with E-state index in [0.717, 1.165) is 22.3 Å². The highest BCUT2D eigenvalue weighted by atomic mass is 16.5. The summed E-state index contributed by atoms with van der Waals surface area (Å²) in [6.07, 6.45) is 4.53. The van der Waals surface area contributed by atoms with Crippen LogP contribution < -0.4 is 10.6 Å². The van der Waals surface area contributed by atoms with Gasteiger partial charge in [0, 0.05) is 25.3 Å². The fraction of sp³-hybridized carbons (Fsp3) is 0.320. The van der Waals surface area contributed by atoms with Crippen molar-refractivity contribution in [1.82, 2.24) is 10.6 Å². The molecule has 2 unspecified atom stereocenters. The molecule has 0 spiro atoms. The quantitative estimate of drug-likeness (QED) is 0.526. The Morgan fingerprint density at radius 2 is 1.69 bits per heavy atom. The lowest BCUT2D eigenvalue weighted by molar-refractivity contribution is -0.138. The summed E-state index contributed by atoms with van der Waals surface area (Å²) in [6, 6.07) is 15.0. The molecular weight excluding hydrogens is 408 g/mol. The van der Waals surface area contributed by atoms with Crippen LogP contribution in [0.2, 0.25) is 0 Å². The smallest absolute Gasteiger partial charge is 0.407 e. The molecule has 32 heavy (non-hydrogen) atoms. The Morgan fingerprint density at radius 1 is 1.09 bits per heavy atom. The standard InChI is InChI=1S/C25H26N2O5/c1-3-8-22(24(30)26-14-16(2)13-23(28)29)27-25(31)32-15-21-19-11-6-4-9-17(19)18-10-5-7-12-20(18)21/h1,4-7,9-12,16,21-22H,8,13-15H2,2H3,(H,26,30)(H,27,31)(H,28,29). The summed E-state index contributed by atoms with van der Waals surface area (Å²) in [7, 11) is 0. The van der Waals surface area contributed by atoms with Crippen molar-refractivity contribution >= 4 is 18.0 Å². The van der Waals surface area contributed by atoms with Crippen LogP contribution in [0.1, 0.15) is 36.8 Å². The molecule has 3 N–H and O–H groups in total. The van der Waals surface area contributed by atoms with E-state index in [1.54, 1.807) is 6.92 Å². The van der Waals surface area contributed by atoms with E-state index in [1.165, 1.54) is 0 Å². The van der Waals surface area contributed by atoms with E-state index in [-0.39, 0.29) is 37.8 Å². The molecule has 0 radical (unpaired) electrons. The Hall–Kier alpha value is -3.79. The SMILES string of the molecule is C#CCC(NC(=O)OCC1c2ccccc2-c2ccccc21)C(=O)NCC(C)CC(=O)O. The number of alkyl carbamates (subject to hydrolysis) is 1. The van der Waals surface area contributed by atoms with Crippen LogP contribution in [0.15, 0.2) is 48.5 Å². The summed E-state index contributed by atoms with van der Waals surface area (Å²) >= 11 is 0. The van der Waals surface area contributed by atoms with Gasteiger partial charge in [0.15, 0.2) is 0 Å². The summed E-state index contributed by atoms with van der Waals surface area (Å²) in [5.41, 5.74) is 4.42. The first-order valence-corrected chi connectivity index (χ1v) is 10.4. The van der Waals surface area contributed by atoms with Crippen molar-refractivity contribution in [3.63, 3.8) is 0 Å². The van der Waals surface area contributed by atoms with Gasteiger partial charge in [0.2, 0.25) is 5.91 Å². The van der Waals surface area contributed by atoms with Crippen molar-refractivity contribution < 1.29 is 24.2 Å². The molecule has 166 valence electrons. The van der Waals surface area contributed by atoms with Gasteiger partial charge < -0.3 is 20.5 Å². The first kappa shape index (κ1) is 22.9. The number of benzene rings is 2. The van der Waals surface area contributed by atoms with Crippen LogP contribution in [0.25, 0.3) is 11.1 Å². The molecule has 2 aromatic rings. The molecule has 0 saturated heterocycles. The van der Waals surface area contributed by atoms with Crippen molar-refractivity contribution in [2.75, 3.05) is 13.2 Å². The molecule has 1 aliphatic rings. The second kappa shape index (κ2) is 10.5. The summed E-state index contributed by atoms with van der Waals surface area (Å²) in [5.74, 6) is 0.608. The third-order valence-electron chi connectivity index (χ3n) is 5.42. The summed E-state index contributed by atoms with van der Waals surface area (Å²) < 4.78 is 5.47. The van der Waals surface area contributed by atoms with Crippen molar-refractivity contribution in [3.8, 4) is 23.5 Å². The Balaban J connectivity index is 1.59. The van der Waals surface area contributed by atoms with Gasteiger partial charge in [-0.1, -0.05) is 55.5 Å². The summed E-state index contributed by atoms with van der Waals surface area (Å²) in [6.45, 7) is 2.00. The molecule has 0 aliphatic heterocycles. The van der Waals surface area contributed by atoms with Crippen molar-refractivity contribution in [3.05, 3.63) is 59.7 Å². The Kier molecular flexibility index (Phi) is 7.50. The minimum absolute atomic E-state index is 0.0106. The summed E-state index contributed by atoms with van der Waals surface area (Å²) in [5, 5.41) is 14.0. The lowest BCUT2D eigenvalue weighted by Gasteiger charge is -2.19. The van der Waals surface area contributed by atoms with E-state index in [0.29, 0.717) is 0 Å². The second-order valence-electron chi connectivity index (χ2n) is 7.88. The van der Waals surface area contributed by atoms with Crippen LogP contribution in [0.5, 0.6) is 0 Å². The Bertz CT molecular complexity index is 997. The van der Waals surface area contributed by atoms with Gasteiger partial charge in [0.05, 0.1) is 0 Å². The highest BCUT2D eigenvalue weighted by Gasteiger charge is 2.29. The third kappa shape index (κ3) is 5.46. The van der Waals surface area contributed by atoms with Gasteiger partial charge in [-0.2, -0.15) is 0 Å². The maximum Gasteiger partial charge on any atom is 0.407 e. The number of nitrogens with one attached hydrogen (secondary N) is 2. The third-order valence-corrected chi connectivity index (χ3v) is 5.42. The van der Waals surface area contributed by atoms with Crippen molar-refractivity contribution in [2.24, 2.45) is 5.92 Å². The fourth-order valence-electron chi connectivity index (χ4n) is 3.88. The monoisotopic (exact) mass is 434 g/mol. The molecule has 7 heteroatoms. The number of amides is 2. The Morgan fingerprint density at radius 3 is 2.25 bits per heavy atom. The maximum atomic E-state index is 12.4. The molecule has 7 nitrogen and oxygen atoms in total. The molecule has 2 aromatic carbocycles. The number of rotatable bonds is 9. The number of hydrogen-bond donors (Lipinski definition) is 3. The molecule has 2 amide bonds. The van der Waals surface area contributed by atoms with Gasteiger partial charge in [0.25, 0.3) is 0 Å². The molecule has 0 heterocycles. The number of carbonyl (C=O) groups is 3. The normalized spacial score (nSPS) is 13.8. The van der Waals surface area contributed by atoms with E-state index in [9.17, 15) is 14.4 Å². The van der Waals surface area contributed by atoms with E-state index >= 15 is 0 Å². The highest BCUT2D eigenvalue weighted by molar-refractivity contribution is 5.86. The van der Waals surface area contributed by atoms with E-state index in [4.69, 9.17) is 16.3 Å². The van der Waals surface area contributed by atoms with E-state index < -0.39 is 24.0 Å². The van der Waals surface area contributed by atoms with Crippen LogP contribution in [0.4, 0.5) is 4.79 Å². The average molecular weight is 434 g/mol. The molecule has 1 aliphatic carbocycles. The maximum absolute atomic E-state index is 12.4. The molecule has 2 atom stereocenters. The van der Waals surface area contributed by atoms with Gasteiger partial charge in [-0.15, -0.1) is 12.3 Å². The molecule has 0 bridgehead atoms. The fourth-order valence-corrected chi connectivity index (χ4v) is 3.88. The average Bonchev–Trinajstić information content (AvgIpc) is 3.09. The second-order valence-corrected chi connectivity index (χ2v) is 7.88. The van der Waals surface area contributed by atoms with Crippen LogP contribution in [0, 0.1) is 18.3 Å². The number of ether oxygens (including phenoxy) is 1. The van der Waals surface area contributed by atoms with Gasteiger partial charge in [-0.25, -0.2) is 4.79 Å². The zero-order valence-electron chi connectivity index (χ0n) is 17.8. The molecule has 0 aromatic heterocycles. The van der Waals surface area contributed by atoms with Gasteiger partial charge in [-0.3, -0.25) is 9.59 Å². The van der Waals surface area contributed by atoms with E-state index in [2.05, 4.69) is 16.6 Å². The van der Waals surface area contributed by atoms with Crippen molar-refractivity contribution in [2.45, 2.75) is 31.7 Å². The lowest BCUT2D eigenvalue weighted by atomic mass is 9.98. The van der Waals surface area contributed by atoms with Crippen LogP contribution in [-0.4, -0.2) is 42.3 Å². The first-order chi connectivity index (χ1) is 15.4. The minimum Gasteiger partial charge on any atom is -0.481 e. The number of carbonyl (C=O) groups excluding carboxylic acids is 2. The zero-order chi connectivity index (χ0) is 23.1. The van der Waals surface area contributed by atoms with E-state index in [1.807, 2.05) is 48.5 Å². The van der Waals surface area contributed by atoms with Gasteiger partial charge in [-0.05, 0) is 28.2 Å². The molecule has 0 saturated carbocycles. The number of carboxylic acid groups (broad SMARTS) is 1. The highest BCUT2D eigenvalue weighted by Crippen LogP contribution is 2.44. The van der Waals surface area contributed by atoms with Gasteiger partial charge >= 0.3 is 12.1 Å². The number of hydrogen-bond acceptors (Lipinski definition) is 4. The lowest BCUT2D eigenvalue weighted by Crippen LogP contribution is -2.47. The molecule has 3 rings (SSSR count). The number of terminal acetylenes is 1. The Labute approximate surface area is 187 Å². The van der Waals surface area contributed by atoms with Crippen LogP contribution in [-0.2, 0) is 14.3 Å². The summed E-state index contributed by atoms with van der Waals surface area (Å²) in [4.78, 5) is 35.6. The molecular formula is C25H26N2O5. The van der Waals surface area contributed by atoms with Gasteiger partial charge in [0.1, 0.15) is 12.6 Å². The molecule has 0 fully saturated rings. The largest absolute Gasteiger partial charge is 0.481 e. The number of carboxylic acids is 1. The van der Waals surface area contributed by atoms with Crippen molar-refractivity contribution in [1.29, 1.82) is 0 Å². The topological polar surface area (TPSA) is 105 Å². The number of fused-ring (bicyclic) bond motifs is 3. The number of aliphatic carboxylic acids is 1.